The van der Waals surface area contributed by atoms with E-state index < -0.39 is 17.7 Å². The fourth-order valence-corrected chi connectivity index (χ4v) is 1.92. The molecule has 23 heavy (non-hydrogen) atoms. The summed E-state index contributed by atoms with van der Waals surface area (Å²) in [5.41, 5.74) is 1.44. The SMILES string of the molecule is CON(C)C(=O)[C@H](Cc1ccc(C)cc1)NC(=O)OC(C)(C)C. The number of carbonyl (C=O) groups excluding carboxylic acids is 2. The van der Waals surface area contributed by atoms with Crippen LogP contribution in [0, 0.1) is 6.92 Å². The average Bonchev–Trinajstić information content (AvgIpc) is 2.45. The van der Waals surface area contributed by atoms with Crippen LogP contribution in [-0.2, 0) is 20.8 Å². The van der Waals surface area contributed by atoms with Crippen molar-refractivity contribution in [3.05, 3.63) is 35.4 Å². The predicted molar refractivity (Wildman–Crippen MR) is 87.8 cm³/mol. The lowest BCUT2D eigenvalue weighted by atomic mass is 10.0. The van der Waals surface area contributed by atoms with Crippen molar-refractivity contribution >= 4 is 12.0 Å². The first-order valence-electron chi connectivity index (χ1n) is 7.49. The molecule has 1 rings (SSSR count). The molecule has 0 heterocycles. The van der Waals surface area contributed by atoms with Gasteiger partial charge in [-0.15, -0.1) is 0 Å². The third-order valence-electron chi connectivity index (χ3n) is 3.13. The number of alkyl carbamates (subject to hydrolysis) is 1. The summed E-state index contributed by atoms with van der Waals surface area (Å²) in [7, 11) is 2.90. The fraction of sp³-hybridized carbons (Fsp3) is 0.529. The van der Waals surface area contributed by atoms with Crippen molar-refractivity contribution in [3.8, 4) is 0 Å². The van der Waals surface area contributed by atoms with E-state index in [1.807, 2.05) is 31.2 Å². The number of hydroxylamine groups is 2. The molecule has 0 saturated carbocycles. The number of rotatable bonds is 5. The zero-order valence-electron chi connectivity index (χ0n) is 14.7. The molecular formula is C17H26N2O4. The Kier molecular flexibility index (Phi) is 6.57. The normalized spacial score (nSPS) is 12.4. The standard InChI is InChI=1S/C17H26N2O4/c1-12-7-9-13(10-8-12)11-14(15(20)19(5)22-6)18-16(21)23-17(2,3)4/h7-10,14H,11H2,1-6H3,(H,18,21)/t14-/m0/s1. The molecule has 1 aromatic carbocycles. The number of likely N-dealkylation sites (N-methyl/N-ethyl adjacent to an activating group) is 1. The van der Waals surface area contributed by atoms with Crippen molar-refractivity contribution < 1.29 is 19.2 Å². The van der Waals surface area contributed by atoms with Crippen LogP contribution in [0.3, 0.4) is 0 Å². The number of hydrogen-bond donors (Lipinski definition) is 1. The van der Waals surface area contributed by atoms with Crippen LogP contribution < -0.4 is 5.32 Å². The van der Waals surface area contributed by atoms with Crippen molar-refractivity contribution in [2.45, 2.75) is 45.8 Å². The highest BCUT2D eigenvalue weighted by molar-refractivity contribution is 5.85. The van der Waals surface area contributed by atoms with Crippen LogP contribution in [0.25, 0.3) is 0 Å². The minimum absolute atomic E-state index is 0.348. The third kappa shape index (κ3) is 6.69. The smallest absolute Gasteiger partial charge is 0.408 e. The number of nitrogens with zero attached hydrogens (tertiary/aromatic N) is 1. The van der Waals surface area contributed by atoms with Crippen molar-refractivity contribution in [2.24, 2.45) is 0 Å². The number of hydrogen-bond acceptors (Lipinski definition) is 4. The maximum atomic E-state index is 12.4. The number of benzene rings is 1. The van der Waals surface area contributed by atoms with Crippen molar-refractivity contribution in [3.63, 3.8) is 0 Å². The number of carbonyl (C=O) groups is 2. The van der Waals surface area contributed by atoms with Gasteiger partial charge in [0.2, 0.25) is 0 Å². The molecule has 1 atom stereocenters. The summed E-state index contributed by atoms with van der Waals surface area (Å²) in [5.74, 6) is -0.348. The van der Waals surface area contributed by atoms with E-state index in [-0.39, 0.29) is 5.91 Å². The van der Waals surface area contributed by atoms with Crippen molar-refractivity contribution in [1.82, 2.24) is 10.4 Å². The monoisotopic (exact) mass is 322 g/mol. The molecule has 0 radical (unpaired) electrons. The fourth-order valence-electron chi connectivity index (χ4n) is 1.92. The molecule has 0 spiro atoms. The minimum atomic E-state index is -0.766. The Morgan fingerprint density at radius 1 is 1.22 bits per heavy atom. The van der Waals surface area contributed by atoms with Gasteiger partial charge in [-0.1, -0.05) is 29.8 Å². The summed E-state index contributed by atoms with van der Waals surface area (Å²) < 4.78 is 5.23. The van der Waals surface area contributed by atoms with Crippen LogP contribution in [0.1, 0.15) is 31.9 Å². The maximum Gasteiger partial charge on any atom is 0.408 e. The Morgan fingerprint density at radius 2 is 1.78 bits per heavy atom. The molecule has 0 bridgehead atoms. The van der Waals surface area contributed by atoms with Gasteiger partial charge in [0.25, 0.3) is 5.91 Å². The summed E-state index contributed by atoms with van der Waals surface area (Å²) in [6.07, 6.45) is -0.279. The van der Waals surface area contributed by atoms with Gasteiger partial charge in [-0.25, -0.2) is 9.86 Å². The number of aryl methyl sites for hydroxylation is 1. The number of ether oxygens (including phenoxy) is 1. The molecule has 0 fully saturated rings. The molecule has 0 unspecified atom stereocenters. The van der Waals surface area contributed by atoms with E-state index in [1.165, 1.54) is 14.2 Å². The van der Waals surface area contributed by atoms with E-state index in [2.05, 4.69) is 5.32 Å². The predicted octanol–water partition coefficient (Wildman–Crippen LogP) is 2.45. The first-order chi connectivity index (χ1) is 10.6. The van der Waals surface area contributed by atoms with Gasteiger partial charge in [0.1, 0.15) is 11.6 Å². The van der Waals surface area contributed by atoms with E-state index in [1.54, 1.807) is 20.8 Å². The zero-order valence-corrected chi connectivity index (χ0v) is 14.7. The van der Waals surface area contributed by atoms with E-state index in [4.69, 9.17) is 9.57 Å². The second-order valence-electron chi connectivity index (χ2n) is 6.41. The molecule has 0 aliphatic rings. The molecule has 0 aromatic heterocycles. The van der Waals surface area contributed by atoms with Crippen LogP contribution in [0.15, 0.2) is 24.3 Å². The van der Waals surface area contributed by atoms with Gasteiger partial charge < -0.3 is 10.1 Å². The summed E-state index contributed by atoms with van der Waals surface area (Å²) >= 11 is 0. The quantitative estimate of drug-likeness (QED) is 0.846. The number of nitrogens with one attached hydrogen (secondary N) is 1. The first-order valence-corrected chi connectivity index (χ1v) is 7.49. The molecule has 2 amide bonds. The second kappa shape index (κ2) is 7.97. The van der Waals surface area contributed by atoms with E-state index in [0.29, 0.717) is 6.42 Å². The molecule has 1 N–H and O–H groups in total. The lowest BCUT2D eigenvalue weighted by molar-refractivity contribution is -0.171. The third-order valence-corrected chi connectivity index (χ3v) is 3.13. The molecule has 6 heteroatoms. The molecule has 1 aromatic rings. The van der Waals surface area contributed by atoms with Crippen LogP contribution >= 0.6 is 0 Å². The van der Waals surface area contributed by atoms with Crippen LogP contribution in [-0.4, -0.2) is 42.9 Å². The van der Waals surface area contributed by atoms with E-state index in [9.17, 15) is 9.59 Å². The molecule has 0 saturated heterocycles. The zero-order chi connectivity index (χ0) is 17.6. The summed E-state index contributed by atoms with van der Waals surface area (Å²) in [4.78, 5) is 29.3. The average molecular weight is 322 g/mol. The Labute approximate surface area is 137 Å². The van der Waals surface area contributed by atoms with Crippen LogP contribution in [0.5, 0.6) is 0 Å². The Hall–Kier alpha value is -2.08. The summed E-state index contributed by atoms with van der Waals surface area (Å²) in [6, 6.07) is 7.02. The largest absolute Gasteiger partial charge is 0.444 e. The summed E-state index contributed by atoms with van der Waals surface area (Å²) in [5, 5.41) is 3.71. The first kappa shape index (κ1) is 19.0. The van der Waals surface area contributed by atoms with Crippen LogP contribution in [0.2, 0.25) is 0 Å². The maximum absolute atomic E-state index is 12.4. The lowest BCUT2D eigenvalue weighted by Gasteiger charge is -2.25. The molecule has 128 valence electrons. The van der Waals surface area contributed by atoms with Crippen molar-refractivity contribution in [2.75, 3.05) is 14.2 Å². The van der Waals surface area contributed by atoms with Gasteiger partial charge in [-0.3, -0.25) is 9.63 Å². The number of amides is 2. The topological polar surface area (TPSA) is 67.9 Å². The molecule has 6 nitrogen and oxygen atoms in total. The van der Waals surface area contributed by atoms with Gasteiger partial charge >= 0.3 is 6.09 Å². The molecule has 0 aliphatic carbocycles. The van der Waals surface area contributed by atoms with E-state index in [0.717, 1.165) is 16.2 Å². The Balaban J connectivity index is 2.86. The lowest BCUT2D eigenvalue weighted by Crippen LogP contribution is -2.49. The highest BCUT2D eigenvalue weighted by atomic mass is 16.7. The Morgan fingerprint density at radius 3 is 2.26 bits per heavy atom. The van der Waals surface area contributed by atoms with E-state index >= 15 is 0 Å². The van der Waals surface area contributed by atoms with Gasteiger partial charge in [0, 0.05) is 13.5 Å². The molecular weight excluding hydrogens is 296 g/mol. The van der Waals surface area contributed by atoms with Crippen LogP contribution in [0.4, 0.5) is 4.79 Å². The minimum Gasteiger partial charge on any atom is -0.444 e. The highest BCUT2D eigenvalue weighted by Crippen LogP contribution is 2.10. The van der Waals surface area contributed by atoms with Crippen molar-refractivity contribution in [1.29, 1.82) is 0 Å². The van der Waals surface area contributed by atoms with Gasteiger partial charge in [0.05, 0.1) is 7.11 Å². The molecule has 0 aliphatic heterocycles. The second-order valence-corrected chi connectivity index (χ2v) is 6.41. The highest BCUT2D eigenvalue weighted by Gasteiger charge is 2.27. The Bertz CT molecular complexity index is 535. The van der Waals surface area contributed by atoms with Gasteiger partial charge in [-0.05, 0) is 33.3 Å². The summed E-state index contributed by atoms with van der Waals surface area (Å²) in [6.45, 7) is 7.30. The van der Waals surface area contributed by atoms with Gasteiger partial charge in [0.15, 0.2) is 0 Å². The van der Waals surface area contributed by atoms with Gasteiger partial charge in [-0.2, -0.15) is 0 Å².